The lowest BCUT2D eigenvalue weighted by Crippen LogP contribution is -2.11. The van der Waals surface area contributed by atoms with Gasteiger partial charge in [-0.2, -0.15) is 4.98 Å². The molecule has 0 spiro atoms. The molecule has 0 aliphatic heterocycles. The van der Waals surface area contributed by atoms with Gasteiger partial charge in [0, 0.05) is 16.2 Å². The quantitative estimate of drug-likeness (QED) is 0.753. The van der Waals surface area contributed by atoms with Gasteiger partial charge in [0.2, 0.25) is 5.95 Å². The molecule has 110 valence electrons. The van der Waals surface area contributed by atoms with Gasteiger partial charge >= 0.3 is 0 Å². The predicted molar refractivity (Wildman–Crippen MR) is 90.0 cm³/mol. The third-order valence-electron chi connectivity index (χ3n) is 2.95. The summed E-state index contributed by atoms with van der Waals surface area (Å²) < 4.78 is 0. The highest BCUT2D eigenvalue weighted by Crippen LogP contribution is 2.20. The predicted octanol–water partition coefficient (Wildman–Crippen LogP) is 3.38. The summed E-state index contributed by atoms with van der Waals surface area (Å²) in [5, 5.41) is 1.49. The van der Waals surface area contributed by atoms with Crippen molar-refractivity contribution in [2.24, 2.45) is 0 Å². The Morgan fingerprint density at radius 2 is 1.73 bits per heavy atom. The standard InChI is InChI=1S/C15H10Cl2N4O/c16-10-3-8(4-11(17)6-10)1-2-9-5-12-13(19-7-9)20-15(18)21-14(12)22/h1-7H,(H3,18,19,20,21,22). The first-order valence-electron chi connectivity index (χ1n) is 6.31. The molecule has 0 atom stereocenters. The molecule has 7 heteroatoms. The van der Waals surface area contributed by atoms with E-state index in [-0.39, 0.29) is 11.5 Å². The van der Waals surface area contributed by atoms with Crippen molar-refractivity contribution in [2.75, 3.05) is 5.73 Å². The fourth-order valence-corrected chi connectivity index (χ4v) is 2.55. The molecule has 0 aliphatic carbocycles. The van der Waals surface area contributed by atoms with E-state index in [1.165, 1.54) is 0 Å². The van der Waals surface area contributed by atoms with Crippen LogP contribution in [0, 0.1) is 0 Å². The number of nitrogens with zero attached hydrogens (tertiary/aromatic N) is 2. The Hall–Kier alpha value is -2.37. The molecule has 3 N–H and O–H groups in total. The zero-order valence-corrected chi connectivity index (χ0v) is 12.7. The molecule has 2 aromatic heterocycles. The molecular formula is C15H10Cl2N4O. The van der Waals surface area contributed by atoms with Crippen molar-refractivity contribution in [3.8, 4) is 0 Å². The first kappa shape index (κ1) is 14.6. The lowest BCUT2D eigenvalue weighted by molar-refractivity contribution is 1.16. The molecule has 0 amide bonds. The minimum Gasteiger partial charge on any atom is -0.369 e. The summed E-state index contributed by atoms with van der Waals surface area (Å²) >= 11 is 11.9. The Bertz CT molecular complexity index is 930. The topological polar surface area (TPSA) is 84.7 Å². The van der Waals surface area contributed by atoms with Gasteiger partial charge in [-0.15, -0.1) is 0 Å². The van der Waals surface area contributed by atoms with Gasteiger partial charge in [0.1, 0.15) is 0 Å². The minimum absolute atomic E-state index is 0.0434. The van der Waals surface area contributed by atoms with Crippen molar-refractivity contribution in [3.63, 3.8) is 0 Å². The molecule has 2 heterocycles. The molecule has 1 aromatic carbocycles. The summed E-state index contributed by atoms with van der Waals surface area (Å²) in [7, 11) is 0. The first-order chi connectivity index (χ1) is 10.5. The Balaban J connectivity index is 2.00. The van der Waals surface area contributed by atoms with Crippen molar-refractivity contribution >= 4 is 52.3 Å². The third kappa shape index (κ3) is 3.10. The van der Waals surface area contributed by atoms with Crippen LogP contribution >= 0.6 is 23.2 Å². The molecule has 0 bridgehead atoms. The zero-order chi connectivity index (χ0) is 15.7. The molecule has 0 saturated heterocycles. The van der Waals surface area contributed by atoms with Crippen LogP contribution in [0.25, 0.3) is 23.2 Å². The number of aromatic nitrogens is 3. The fourth-order valence-electron chi connectivity index (χ4n) is 2.01. The van der Waals surface area contributed by atoms with E-state index in [4.69, 9.17) is 28.9 Å². The second kappa shape index (κ2) is 5.79. The van der Waals surface area contributed by atoms with Gasteiger partial charge in [0.25, 0.3) is 5.56 Å². The van der Waals surface area contributed by atoms with Crippen molar-refractivity contribution in [1.29, 1.82) is 0 Å². The number of hydrogen-bond donors (Lipinski definition) is 2. The number of fused-ring (bicyclic) bond motifs is 1. The van der Waals surface area contributed by atoms with Crippen LogP contribution in [0.1, 0.15) is 11.1 Å². The number of aromatic amines is 1. The van der Waals surface area contributed by atoms with Gasteiger partial charge < -0.3 is 5.73 Å². The number of benzene rings is 1. The number of anilines is 1. The molecule has 0 unspecified atom stereocenters. The van der Waals surface area contributed by atoms with Crippen LogP contribution < -0.4 is 11.3 Å². The smallest absolute Gasteiger partial charge is 0.261 e. The molecule has 3 rings (SSSR count). The van der Waals surface area contributed by atoms with Gasteiger partial charge in [0.15, 0.2) is 5.65 Å². The highest BCUT2D eigenvalue weighted by molar-refractivity contribution is 6.34. The molecule has 0 aliphatic rings. The summed E-state index contributed by atoms with van der Waals surface area (Å²) in [6, 6.07) is 6.92. The fraction of sp³-hybridized carbons (Fsp3) is 0. The molecule has 0 saturated carbocycles. The van der Waals surface area contributed by atoms with E-state index in [2.05, 4.69) is 15.0 Å². The van der Waals surface area contributed by atoms with E-state index in [0.29, 0.717) is 21.1 Å². The maximum Gasteiger partial charge on any atom is 0.261 e. The molecule has 0 fully saturated rings. The number of H-pyrrole nitrogens is 1. The second-order valence-electron chi connectivity index (χ2n) is 4.63. The van der Waals surface area contributed by atoms with Gasteiger partial charge in [-0.3, -0.25) is 9.78 Å². The molecule has 3 aromatic rings. The van der Waals surface area contributed by atoms with Crippen molar-refractivity contribution in [2.45, 2.75) is 0 Å². The van der Waals surface area contributed by atoms with E-state index in [9.17, 15) is 4.79 Å². The van der Waals surface area contributed by atoms with E-state index in [1.54, 1.807) is 30.5 Å². The molecular weight excluding hydrogens is 323 g/mol. The lowest BCUT2D eigenvalue weighted by atomic mass is 10.1. The Morgan fingerprint density at radius 1 is 1.05 bits per heavy atom. The van der Waals surface area contributed by atoms with E-state index < -0.39 is 0 Å². The maximum atomic E-state index is 11.8. The van der Waals surface area contributed by atoms with Crippen LogP contribution in [-0.4, -0.2) is 15.0 Å². The summed E-state index contributed by atoms with van der Waals surface area (Å²) in [6.07, 6.45) is 5.25. The second-order valence-corrected chi connectivity index (χ2v) is 5.50. The molecule has 0 radical (unpaired) electrons. The lowest BCUT2D eigenvalue weighted by Gasteiger charge is -2.00. The van der Waals surface area contributed by atoms with Crippen LogP contribution in [0.4, 0.5) is 5.95 Å². The van der Waals surface area contributed by atoms with E-state index >= 15 is 0 Å². The average Bonchev–Trinajstić information content (AvgIpc) is 2.44. The molecule has 5 nitrogen and oxygen atoms in total. The van der Waals surface area contributed by atoms with Gasteiger partial charge in [-0.05, 0) is 35.4 Å². The number of nitrogen functional groups attached to an aromatic ring is 1. The Labute approximate surface area is 135 Å². The monoisotopic (exact) mass is 332 g/mol. The van der Waals surface area contributed by atoms with Crippen LogP contribution in [0.5, 0.6) is 0 Å². The molecule has 22 heavy (non-hydrogen) atoms. The van der Waals surface area contributed by atoms with Crippen molar-refractivity contribution in [1.82, 2.24) is 15.0 Å². The summed E-state index contributed by atoms with van der Waals surface area (Å²) in [5.74, 6) is 0.0434. The van der Waals surface area contributed by atoms with E-state index in [0.717, 1.165) is 11.1 Å². The van der Waals surface area contributed by atoms with Crippen LogP contribution in [0.3, 0.4) is 0 Å². The van der Waals surface area contributed by atoms with Crippen LogP contribution in [0.15, 0.2) is 35.3 Å². The number of halogens is 2. The highest BCUT2D eigenvalue weighted by atomic mass is 35.5. The summed E-state index contributed by atoms with van der Waals surface area (Å²) in [5.41, 5.74) is 7.07. The van der Waals surface area contributed by atoms with Gasteiger partial charge in [-0.1, -0.05) is 35.4 Å². The zero-order valence-electron chi connectivity index (χ0n) is 11.2. The summed E-state index contributed by atoms with van der Waals surface area (Å²) in [6.45, 7) is 0. The normalized spacial score (nSPS) is 11.4. The number of rotatable bonds is 2. The first-order valence-corrected chi connectivity index (χ1v) is 7.06. The third-order valence-corrected chi connectivity index (χ3v) is 3.39. The average molecular weight is 333 g/mol. The largest absolute Gasteiger partial charge is 0.369 e. The number of nitrogens with one attached hydrogen (secondary N) is 1. The highest BCUT2D eigenvalue weighted by Gasteiger charge is 2.03. The number of pyridine rings is 1. The minimum atomic E-state index is -0.323. The SMILES string of the molecule is Nc1nc2ncc(C=Cc3cc(Cl)cc(Cl)c3)cc2c(=O)[nH]1. The van der Waals surface area contributed by atoms with Gasteiger partial charge in [0.05, 0.1) is 5.39 Å². The van der Waals surface area contributed by atoms with Crippen molar-refractivity contribution < 1.29 is 0 Å². The summed E-state index contributed by atoms with van der Waals surface area (Å²) in [4.78, 5) is 22.4. The Morgan fingerprint density at radius 3 is 2.45 bits per heavy atom. The van der Waals surface area contributed by atoms with Gasteiger partial charge in [-0.25, -0.2) is 4.98 Å². The maximum absolute atomic E-state index is 11.8. The van der Waals surface area contributed by atoms with E-state index in [1.807, 2.05) is 12.2 Å². The van der Waals surface area contributed by atoms with Crippen LogP contribution in [-0.2, 0) is 0 Å². The Kier molecular flexibility index (Phi) is 3.83. The van der Waals surface area contributed by atoms with Crippen molar-refractivity contribution in [3.05, 3.63) is 62.0 Å². The number of hydrogen-bond acceptors (Lipinski definition) is 4. The van der Waals surface area contributed by atoms with Crippen LogP contribution in [0.2, 0.25) is 10.0 Å². The number of nitrogens with two attached hydrogens (primary N) is 1.